The van der Waals surface area contributed by atoms with Crippen LogP contribution in [0.5, 0.6) is 0 Å². The van der Waals surface area contributed by atoms with Crippen molar-refractivity contribution < 1.29 is 23.1 Å². The van der Waals surface area contributed by atoms with Gasteiger partial charge < -0.3 is 5.11 Å². The number of carboxylic acid groups (broad SMARTS) is 1. The molecule has 0 unspecified atom stereocenters. The van der Waals surface area contributed by atoms with Crippen LogP contribution in [0, 0.1) is 6.92 Å². The number of aryl methyl sites for hydroxylation is 1. The molecule has 1 aromatic carbocycles. The molecule has 0 atom stereocenters. The first-order valence-electron chi connectivity index (χ1n) is 5.24. The molecular weight excluding hydrogens is 299 g/mol. The average Bonchev–Trinajstić information content (AvgIpc) is 2.77. The lowest BCUT2D eigenvalue weighted by atomic mass is 10.2. The number of alkyl halides is 3. The van der Waals surface area contributed by atoms with Crippen molar-refractivity contribution in [2.24, 2.45) is 0 Å². The van der Waals surface area contributed by atoms with Gasteiger partial charge in [-0.2, -0.15) is 13.2 Å². The second kappa shape index (κ2) is 4.78. The summed E-state index contributed by atoms with van der Waals surface area (Å²) >= 11 is 5.84. The quantitative estimate of drug-likeness (QED) is 0.926. The first kappa shape index (κ1) is 14.3. The van der Waals surface area contributed by atoms with Crippen molar-refractivity contribution in [3.8, 4) is 5.69 Å². The molecule has 0 aliphatic carbocycles. The molecule has 9 heteroatoms. The van der Waals surface area contributed by atoms with Gasteiger partial charge in [0.05, 0.1) is 5.69 Å². The maximum absolute atomic E-state index is 13.0. The van der Waals surface area contributed by atoms with Crippen molar-refractivity contribution in [3.63, 3.8) is 0 Å². The fourth-order valence-electron chi connectivity index (χ4n) is 1.57. The lowest BCUT2D eigenvalue weighted by Gasteiger charge is -2.10. The normalized spacial score (nSPS) is 11.7. The molecule has 2 aromatic rings. The number of aromatic carboxylic acids is 1. The third-order valence-electron chi connectivity index (χ3n) is 2.54. The first-order valence-corrected chi connectivity index (χ1v) is 5.62. The highest BCUT2D eigenvalue weighted by Crippen LogP contribution is 2.33. The van der Waals surface area contributed by atoms with Gasteiger partial charge >= 0.3 is 12.1 Å². The van der Waals surface area contributed by atoms with Gasteiger partial charge in [-0.05, 0) is 24.6 Å². The molecule has 0 amide bonds. The van der Waals surface area contributed by atoms with E-state index in [1.54, 1.807) is 6.92 Å². The van der Waals surface area contributed by atoms with Crippen LogP contribution in [0.1, 0.15) is 21.7 Å². The number of aromatic nitrogens is 3. The summed E-state index contributed by atoms with van der Waals surface area (Å²) in [6, 6.07) is 4.10. The van der Waals surface area contributed by atoms with Gasteiger partial charge in [0, 0.05) is 5.02 Å². The van der Waals surface area contributed by atoms with Crippen LogP contribution >= 0.6 is 11.6 Å². The number of hydrogen-bond donors (Lipinski definition) is 1. The Morgan fingerprint density at radius 3 is 2.55 bits per heavy atom. The maximum atomic E-state index is 13.0. The van der Waals surface area contributed by atoms with Crippen molar-refractivity contribution in [1.82, 2.24) is 15.0 Å². The summed E-state index contributed by atoms with van der Waals surface area (Å²) in [5.41, 5.74) is -1.96. The number of benzene rings is 1. The van der Waals surface area contributed by atoms with Crippen molar-refractivity contribution >= 4 is 17.6 Å². The van der Waals surface area contributed by atoms with Crippen LogP contribution in [-0.4, -0.2) is 26.1 Å². The van der Waals surface area contributed by atoms with Crippen molar-refractivity contribution in [2.75, 3.05) is 0 Å². The van der Waals surface area contributed by atoms with E-state index < -0.39 is 23.5 Å². The van der Waals surface area contributed by atoms with E-state index in [0.717, 1.165) is 0 Å². The zero-order valence-electron chi connectivity index (χ0n) is 9.94. The Hall–Kier alpha value is -2.09. The smallest absolute Gasteiger partial charge is 0.436 e. The van der Waals surface area contributed by atoms with Crippen molar-refractivity contribution in [2.45, 2.75) is 13.1 Å². The predicted molar refractivity (Wildman–Crippen MR) is 63.1 cm³/mol. The largest absolute Gasteiger partial charge is 0.476 e. The number of nitrogens with zero attached hydrogens (tertiary/aromatic N) is 3. The first-order chi connectivity index (χ1) is 9.21. The van der Waals surface area contributed by atoms with Crippen LogP contribution in [0.2, 0.25) is 5.02 Å². The molecule has 1 heterocycles. The van der Waals surface area contributed by atoms with Crippen LogP contribution in [0.15, 0.2) is 18.2 Å². The monoisotopic (exact) mass is 305 g/mol. The highest BCUT2D eigenvalue weighted by atomic mass is 35.5. The molecule has 0 radical (unpaired) electrons. The maximum Gasteiger partial charge on any atom is 0.436 e. The van der Waals surface area contributed by atoms with E-state index in [1.165, 1.54) is 18.2 Å². The third-order valence-corrected chi connectivity index (χ3v) is 2.95. The van der Waals surface area contributed by atoms with Crippen LogP contribution < -0.4 is 0 Å². The zero-order valence-corrected chi connectivity index (χ0v) is 10.7. The number of carbonyl (C=O) groups is 1. The van der Waals surface area contributed by atoms with E-state index in [9.17, 15) is 18.0 Å². The highest BCUT2D eigenvalue weighted by molar-refractivity contribution is 6.31. The summed E-state index contributed by atoms with van der Waals surface area (Å²) in [7, 11) is 0. The summed E-state index contributed by atoms with van der Waals surface area (Å²) in [5, 5.41) is 15.3. The highest BCUT2D eigenvalue weighted by Gasteiger charge is 2.42. The molecule has 2 rings (SSSR count). The predicted octanol–water partition coefficient (Wildman–Crippen LogP) is 2.95. The lowest BCUT2D eigenvalue weighted by Crippen LogP contribution is -2.17. The second-order valence-electron chi connectivity index (χ2n) is 3.93. The molecule has 0 saturated heterocycles. The van der Waals surface area contributed by atoms with Gasteiger partial charge in [0.25, 0.3) is 0 Å². The average molecular weight is 306 g/mol. The van der Waals surface area contributed by atoms with Crippen LogP contribution in [0.3, 0.4) is 0 Å². The van der Waals surface area contributed by atoms with Gasteiger partial charge in [0.2, 0.25) is 5.69 Å². The van der Waals surface area contributed by atoms with Gasteiger partial charge in [-0.25, -0.2) is 9.48 Å². The zero-order chi connectivity index (χ0) is 15.1. The molecule has 0 spiro atoms. The van der Waals surface area contributed by atoms with E-state index >= 15 is 0 Å². The van der Waals surface area contributed by atoms with E-state index in [2.05, 4.69) is 10.3 Å². The third kappa shape index (κ3) is 2.46. The Bertz CT molecular complexity index is 682. The number of halogens is 4. The molecule has 1 aromatic heterocycles. The lowest BCUT2D eigenvalue weighted by molar-refractivity contribution is -0.143. The molecule has 0 saturated carbocycles. The molecule has 1 N–H and O–H groups in total. The number of hydrogen-bond acceptors (Lipinski definition) is 3. The van der Waals surface area contributed by atoms with Gasteiger partial charge in [-0.15, -0.1) is 5.10 Å². The summed E-state index contributed by atoms with van der Waals surface area (Å²) in [5.74, 6) is -1.80. The fourth-order valence-corrected chi connectivity index (χ4v) is 1.75. The minimum Gasteiger partial charge on any atom is -0.476 e. The van der Waals surface area contributed by atoms with Gasteiger partial charge in [0.1, 0.15) is 0 Å². The van der Waals surface area contributed by atoms with E-state index in [1.807, 2.05) is 0 Å². The molecule has 0 fully saturated rings. The summed E-state index contributed by atoms with van der Waals surface area (Å²) in [6.07, 6.45) is -4.91. The Morgan fingerprint density at radius 1 is 1.40 bits per heavy atom. The fraction of sp³-hybridized carbons (Fsp3) is 0.182. The topological polar surface area (TPSA) is 68.0 Å². The van der Waals surface area contributed by atoms with E-state index in [-0.39, 0.29) is 10.7 Å². The molecule has 5 nitrogen and oxygen atoms in total. The summed E-state index contributed by atoms with van der Waals surface area (Å²) < 4.78 is 39.3. The van der Waals surface area contributed by atoms with Crippen molar-refractivity contribution in [1.29, 1.82) is 0 Å². The second-order valence-corrected chi connectivity index (χ2v) is 4.34. The number of carboxylic acids is 1. The molecule has 20 heavy (non-hydrogen) atoms. The molecule has 106 valence electrons. The Labute approximate surface area is 115 Å². The Morgan fingerprint density at radius 2 is 2.05 bits per heavy atom. The molecular formula is C11H7ClF3N3O2. The van der Waals surface area contributed by atoms with Gasteiger partial charge in [-0.1, -0.05) is 22.9 Å². The number of rotatable bonds is 2. The molecule has 0 aliphatic heterocycles. The summed E-state index contributed by atoms with van der Waals surface area (Å²) in [6.45, 7) is 1.68. The van der Waals surface area contributed by atoms with Crippen LogP contribution in [-0.2, 0) is 6.18 Å². The van der Waals surface area contributed by atoms with Gasteiger partial charge in [-0.3, -0.25) is 0 Å². The summed E-state index contributed by atoms with van der Waals surface area (Å²) in [4.78, 5) is 10.8. The van der Waals surface area contributed by atoms with E-state index in [4.69, 9.17) is 16.7 Å². The minimum absolute atomic E-state index is 0.0204. The van der Waals surface area contributed by atoms with E-state index in [0.29, 0.717) is 10.2 Å². The standard InChI is InChI=1S/C11H7ClF3N3O2/c1-5-2-3-6(4-7(5)12)18-9(11(13,14)15)8(10(19)20)16-17-18/h2-4H,1H3,(H,19,20). The Balaban J connectivity index is 2.68. The van der Waals surface area contributed by atoms with Crippen LogP contribution in [0.4, 0.5) is 13.2 Å². The molecule has 0 bridgehead atoms. The van der Waals surface area contributed by atoms with Crippen molar-refractivity contribution in [3.05, 3.63) is 40.2 Å². The molecule has 0 aliphatic rings. The SMILES string of the molecule is Cc1ccc(-n2nnc(C(=O)O)c2C(F)(F)F)cc1Cl. The van der Waals surface area contributed by atoms with Crippen LogP contribution in [0.25, 0.3) is 5.69 Å². The minimum atomic E-state index is -4.91. The van der Waals surface area contributed by atoms with Gasteiger partial charge in [0.15, 0.2) is 5.69 Å². The Kier molecular flexibility index (Phi) is 3.43.